The summed E-state index contributed by atoms with van der Waals surface area (Å²) in [4.78, 5) is 15.8. The number of rotatable bonds is 2. The van der Waals surface area contributed by atoms with Gasteiger partial charge >= 0.3 is 0 Å². The summed E-state index contributed by atoms with van der Waals surface area (Å²) >= 11 is 0. The van der Waals surface area contributed by atoms with Gasteiger partial charge in [-0.3, -0.25) is 9.78 Å². The van der Waals surface area contributed by atoms with Crippen LogP contribution >= 0.6 is 0 Å². The quantitative estimate of drug-likeness (QED) is 0.792. The summed E-state index contributed by atoms with van der Waals surface area (Å²) in [6.45, 7) is 0. The number of pyridine rings is 1. The molecule has 1 aliphatic rings. The highest BCUT2D eigenvalue weighted by atomic mass is 16.1. The Morgan fingerprint density at radius 2 is 2.17 bits per heavy atom. The van der Waals surface area contributed by atoms with Crippen LogP contribution < -0.4 is 0 Å². The Balaban J connectivity index is 1.91. The first-order valence-electron chi connectivity index (χ1n) is 6.94. The smallest absolute Gasteiger partial charge is 0.155 e. The van der Waals surface area contributed by atoms with E-state index in [1.54, 1.807) is 6.08 Å². The van der Waals surface area contributed by atoms with Gasteiger partial charge in [0.25, 0.3) is 0 Å². The number of ketones is 1. The number of aromatic nitrogens is 1. The van der Waals surface area contributed by atoms with Crippen molar-refractivity contribution >= 4 is 5.78 Å². The normalized spacial score (nSPS) is 23.6. The first kappa shape index (κ1) is 13.0. The zero-order valence-corrected chi connectivity index (χ0v) is 10.8. The van der Waals surface area contributed by atoms with Crippen molar-refractivity contribution in [2.24, 2.45) is 5.92 Å². The van der Waals surface area contributed by atoms with E-state index in [0.717, 1.165) is 25.7 Å². The molecule has 1 aliphatic carbocycles. The maximum Gasteiger partial charge on any atom is 0.155 e. The number of carbonyl (C=O) groups is 1. The van der Waals surface area contributed by atoms with Crippen LogP contribution in [0.25, 0.3) is 0 Å². The van der Waals surface area contributed by atoms with Crippen LogP contribution in [0.5, 0.6) is 0 Å². The Bertz CT molecular complexity index is 397. The molecule has 2 nitrogen and oxygen atoms in total. The molecule has 1 aromatic rings. The molecule has 0 saturated heterocycles. The average molecular weight is 243 g/mol. The molecule has 1 unspecified atom stereocenters. The van der Waals surface area contributed by atoms with Crippen LogP contribution in [0.15, 0.2) is 36.5 Å². The minimum atomic E-state index is 0.290. The van der Waals surface area contributed by atoms with Crippen molar-refractivity contribution in [3.05, 3.63) is 42.2 Å². The van der Waals surface area contributed by atoms with E-state index in [-0.39, 0.29) is 5.78 Å². The minimum absolute atomic E-state index is 0.290. The van der Waals surface area contributed by atoms with Crippen molar-refractivity contribution in [1.82, 2.24) is 4.98 Å². The second kappa shape index (κ2) is 7.10. The van der Waals surface area contributed by atoms with Crippen LogP contribution in [0, 0.1) is 5.92 Å². The van der Waals surface area contributed by atoms with Crippen LogP contribution in [0.1, 0.15) is 44.2 Å². The summed E-state index contributed by atoms with van der Waals surface area (Å²) < 4.78 is 0. The summed E-state index contributed by atoms with van der Waals surface area (Å²) in [6.07, 6.45) is 13.1. The maximum absolute atomic E-state index is 11.4. The third-order valence-corrected chi connectivity index (χ3v) is 3.55. The Morgan fingerprint density at radius 1 is 1.22 bits per heavy atom. The molecule has 1 atom stereocenters. The third kappa shape index (κ3) is 4.44. The standard InChI is InChI=1S/C16H21NO/c18-16-10-3-1-7-14(8-2-4-11-16)13-15-9-5-6-12-17-15/h3,5-6,9-10,12,14H,1-2,4,7-8,11,13H2/b10-3+. The number of carbonyl (C=O) groups excluding carboxylic acids is 1. The van der Waals surface area contributed by atoms with E-state index in [0.29, 0.717) is 12.3 Å². The molecule has 0 spiro atoms. The molecule has 1 heterocycles. The molecule has 0 saturated carbocycles. The summed E-state index contributed by atoms with van der Waals surface area (Å²) in [6, 6.07) is 6.13. The number of allylic oxidation sites excluding steroid dienone is 2. The van der Waals surface area contributed by atoms with Gasteiger partial charge in [0.05, 0.1) is 0 Å². The van der Waals surface area contributed by atoms with Gasteiger partial charge in [-0.2, -0.15) is 0 Å². The zero-order valence-electron chi connectivity index (χ0n) is 10.8. The lowest BCUT2D eigenvalue weighted by molar-refractivity contribution is -0.114. The van der Waals surface area contributed by atoms with Crippen molar-refractivity contribution in [1.29, 1.82) is 0 Å². The Kier molecular flexibility index (Phi) is 5.13. The van der Waals surface area contributed by atoms with E-state index in [1.165, 1.54) is 18.5 Å². The molecule has 0 radical (unpaired) electrons. The van der Waals surface area contributed by atoms with Crippen molar-refractivity contribution in [2.75, 3.05) is 0 Å². The number of nitrogens with zero attached hydrogens (tertiary/aromatic N) is 1. The average Bonchev–Trinajstić information content (AvgIpc) is 2.40. The van der Waals surface area contributed by atoms with Gasteiger partial charge in [-0.1, -0.05) is 25.0 Å². The van der Waals surface area contributed by atoms with E-state index in [9.17, 15) is 4.79 Å². The topological polar surface area (TPSA) is 30.0 Å². The van der Waals surface area contributed by atoms with Gasteiger partial charge in [-0.25, -0.2) is 0 Å². The molecule has 0 bridgehead atoms. The summed E-state index contributed by atoms with van der Waals surface area (Å²) in [5.41, 5.74) is 1.19. The van der Waals surface area contributed by atoms with Crippen LogP contribution in [0.4, 0.5) is 0 Å². The number of hydrogen-bond donors (Lipinski definition) is 0. The van der Waals surface area contributed by atoms with Gasteiger partial charge in [-0.15, -0.1) is 0 Å². The molecular weight excluding hydrogens is 222 g/mol. The van der Waals surface area contributed by atoms with Gasteiger partial charge in [0, 0.05) is 18.3 Å². The van der Waals surface area contributed by atoms with Crippen molar-refractivity contribution < 1.29 is 4.79 Å². The Hall–Kier alpha value is -1.44. The van der Waals surface area contributed by atoms with Crippen molar-refractivity contribution in [2.45, 2.75) is 44.9 Å². The molecule has 2 rings (SSSR count). The molecule has 0 N–H and O–H groups in total. The molecular formula is C16H21NO. The lowest BCUT2D eigenvalue weighted by Crippen LogP contribution is -2.07. The van der Waals surface area contributed by atoms with Gasteiger partial charge < -0.3 is 0 Å². The fourth-order valence-corrected chi connectivity index (χ4v) is 2.53. The first-order valence-corrected chi connectivity index (χ1v) is 6.94. The monoisotopic (exact) mass is 243 g/mol. The fraction of sp³-hybridized carbons (Fsp3) is 0.500. The van der Waals surface area contributed by atoms with Crippen LogP contribution in [-0.2, 0) is 11.2 Å². The number of hydrogen-bond acceptors (Lipinski definition) is 2. The van der Waals surface area contributed by atoms with E-state index in [2.05, 4.69) is 17.1 Å². The second-order valence-electron chi connectivity index (χ2n) is 5.08. The molecule has 0 fully saturated rings. The second-order valence-corrected chi connectivity index (χ2v) is 5.08. The van der Waals surface area contributed by atoms with Crippen LogP contribution in [0.3, 0.4) is 0 Å². The third-order valence-electron chi connectivity index (χ3n) is 3.55. The predicted octanol–water partition coefficient (Wildman–Crippen LogP) is 3.72. The predicted molar refractivity (Wildman–Crippen MR) is 73.3 cm³/mol. The summed E-state index contributed by atoms with van der Waals surface area (Å²) in [7, 11) is 0. The van der Waals surface area contributed by atoms with E-state index in [4.69, 9.17) is 0 Å². The minimum Gasteiger partial charge on any atom is -0.295 e. The highest BCUT2D eigenvalue weighted by Crippen LogP contribution is 2.21. The zero-order chi connectivity index (χ0) is 12.6. The highest BCUT2D eigenvalue weighted by Gasteiger charge is 2.11. The van der Waals surface area contributed by atoms with Gasteiger partial charge in [0.2, 0.25) is 0 Å². The highest BCUT2D eigenvalue weighted by molar-refractivity contribution is 5.89. The van der Waals surface area contributed by atoms with Crippen LogP contribution in [-0.4, -0.2) is 10.8 Å². The fourth-order valence-electron chi connectivity index (χ4n) is 2.53. The van der Waals surface area contributed by atoms with E-state index >= 15 is 0 Å². The van der Waals surface area contributed by atoms with Gasteiger partial charge in [0.15, 0.2) is 5.78 Å². The molecule has 1 aromatic heterocycles. The summed E-state index contributed by atoms with van der Waals surface area (Å²) in [5.74, 6) is 0.996. The lowest BCUT2D eigenvalue weighted by Gasteiger charge is -2.16. The molecule has 0 amide bonds. The molecule has 0 aromatic carbocycles. The van der Waals surface area contributed by atoms with Crippen molar-refractivity contribution in [3.8, 4) is 0 Å². The molecule has 18 heavy (non-hydrogen) atoms. The largest absolute Gasteiger partial charge is 0.295 e. The maximum atomic E-state index is 11.4. The van der Waals surface area contributed by atoms with E-state index in [1.807, 2.05) is 18.3 Å². The first-order chi connectivity index (χ1) is 8.84. The summed E-state index contributed by atoms with van der Waals surface area (Å²) in [5, 5.41) is 0. The lowest BCUT2D eigenvalue weighted by atomic mass is 9.90. The SMILES string of the molecule is O=C1/C=C/CCC(Cc2ccccn2)CCCC1. The Labute approximate surface area is 109 Å². The van der Waals surface area contributed by atoms with Gasteiger partial charge in [-0.05, 0) is 49.8 Å². The molecule has 2 heteroatoms. The van der Waals surface area contributed by atoms with E-state index < -0.39 is 0 Å². The Morgan fingerprint density at radius 3 is 3.00 bits per heavy atom. The van der Waals surface area contributed by atoms with Gasteiger partial charge in [0.1, 0.15) is 0 Å². The van der Waals surface area contributed by atoms with Crippen molar-refractivity contribution in [3.63, 3.8) is 0 Å². The molecule has 0 aliphatic heterocycles. The molecule has 96 valence electrons. The van der Waals surface area contributed by atoms with Crippen LogP contribution in [0.2, 0.25) is 0 Å².